The Morgan fingerprint density at radius 1 is 1.05 bits per heavy atom. The summed E-state index contributed by atoms with van der Waals surface area (Å²) in [5.74, 6) is 0.234. The Labute approximate surface area is 141 Å². The summed E-state index contributed by atoms with van der Waals surface area (Å²) >= 11 is 0. The van der Waals surface area contributed by atoms with Gasteiger partial charge in [-0.3, -0.25) is 4.79 Å². The summed E-state index contributed by atoms with van der Waals surface area (Å²) in [6.07, 6.45) is 5.34. The topological polar surface area (TPSA) is 23.6 Å². The molecule has 4 heteroatoms. The van der Waals surface area contributed by atoms with Crippen LogP contribution in [0, 0.1) is 6.92 Å². The minimum atomic E-state index is 0. The number of carbonyl (C=O) groups is 1. The predicted molar refractivity (Wildman–Crippen MR) is 94.6 cm³/mol. The van der Waals surface area contributed by atoms with Crippen LogP contribution in [0.1, 0.15) is 36.8 Å². The number of halogens is 1. The highest BCUT2D eigenvalue weighted by Crippen LogP contribution is 2.25. The molecule has 1 aromatic rings. The largest absolute Gasteiger partial charge is 0.341 e. The summed E-state index contributed by atoms with van der Waals surface area (Å²) in [7, 11) is 6.23. The van der Waals surface area contributed by atoms with Crippen LogP contribution in [0.4, 0.5) is 0 Å². The fraction of sp³-hybridized carbons (Fsp3) is 0.611. The molecule has 2 atom stereocenters. The lowest BCUT2D eigenvalue weighted by molar-refractivity contribution is -0.133. The van der Waals surface area contributed by atoms with Gasteiger partial charge in [0.25, 0.3) is 0 Å². The standard InChI is InChI=1S/C18H28N2O.ClH/c1-14-9-11-15(12-10-14)13-18(21)20(4)17-8-6-5-7-16(17)19(2)3;/h9-12,16-17H,5-8,13H2,1-4H3;1H. The molecule has 2 rings (SSSR count). The van der Waals surface area contributed by atoms with Gasteiger partial charge in [0.05, 0.1) is 6.42 Å². The van der Waals surface area contributed by atoms with E-state index in [9.17, 15) is 4.79 Å². The lowest BCUT2D eigenvalue weighted by atomic mass is 9.88. The molecule has 1 aliphatic carbocycles. The fourth-order valence-electron chi connectivity index (χ4n) is 3.34. The van der Waals surface area contributed by atoms with E-state index in [0.29, 0.717) is 18.5 Å². The zero-order chi connectivity index (χ0) is 15.4. The maximum atomic E-state index is 12.6. The summed E-state index contributed by atoms with van der Waals surface area (Å²) in [6.45, 7) is 2.07. The highest BCUT2D eigenvalue weighted by Gasteiger charge is 2.31. The molecule has 1 aromatic carbocycles. The van der Waals surface area contributed by atoms with Crippen molar-refractivity contribution in [2.45, 2.75) is 51.1 Å². The molecular weight excluding hydrogens is 296 g/mol. The smallest absolute Gasteiger partial charge is 0.227 e. The second-order valence-corrected chi connectivity index (χ2v) is 6.55. The number of amides is 1. The summed E-state index contributed by atoms with van der Waals surface area (Å²) in [4.78, 5) is 16.8. The Balaban J connectivity index is 0.00000242. The van der Waals surface area contributed by atoms with Crippen LogP contribution in [0.2, 0.25) is 0 Å². The van der Waals surface area contributed by atoms with Crippen molar-refractivity contribution >= 4 is 18.3 Å². The molecule has 0 heterocycles. The molecule has 1 saturated carbocycles. The quantitative estimate of drug-likeness (QED) is 0.848. The lowest BCUT2D eigenvalue weighted by Gasteiger charge is -2.41. The van der Waals surface area contributed by atoms with Gasteiger partial charge in [-0.25, -0.2) is 0 Å². The van der Waals surface area contributed by atoms with Crippen LogP contribution >= 0.6 is 12.4 Å². The van der Waals surface area contributed by atoms with Crippen LogP contribution < -0.4 is 0 Å². The number of rotatable bonds is 4. The van der Waals surface area contributed by atoms with E-state index >= 15 is 0 Å². The summed E-state index contributed by atoms with van der Waals surface area (Å²) in [5, 5.41) is 0. The van der Waals surface area contributed by atoms with E-state index in [1.807, 2.05) is 11.9 Å². The SMILES string of the molecule is Cc1ccc(CC(=O)N(C)C2CCCCC2N(C)C)cc1.Cl. The van der Waals surface area contributed by atoms with Crippen LogP contribution in [0.25, 0.3) is 0 Å². The fourth-order valence-corrected chi connectivity index (χ4v) is 3.34. The van der Waals surface area contributed by atoms with Crippen molar-refractivity contribution in [2.75, 3.05) is 21.1 Å². The first-order chi connectivity index (χ1) is 9.99. The third-order valence-electron chi connectivity index (χ3n) is 4.72. The normalized spacial score (nSPS) is 21.3. The molecule has 0 bridgehead atoms. The Bertz CT molecular complexity index is 472. The van der Waals surface area contributed by atoms with Crippen molar-refractivity contribution in [3.05, 3.63) is 35.4 Å². The zero-order valence-electron chi connectivity index (χ0n) is 14.2. The Hall–Kier alpha value is -1.06. The van der Waals surface area contributed by atoms with Crippen LogP contribution in [-0.2, 0) is 11.2 Å². The van der Waals surface area contributed by atoms with Gasteiger partial charge in [0.2, 0.25) is 5.91 Å². The van der Waals surface area contributed by atoms with E-state index in [2.05, 4.69) is 50.2 Å². The molecule has 1 fully saturated rings. The first-order valence-corrected chi connectivity index (χ1v) is 7.96. The average molecular weight is 325 g/mol. The molecule has 22 heavy (non-hydrogen) atoms. The van der Waals surface area contributed by atoms with Crippen LogP contribution in [-0.4, -0.2) is 48.9 Å². The molecule has 0 aliphatic heterocycles. The Morgan fingerprint density at radius 3 is 2.14 bits per heavy atom. The summed E-state index contributed by atoms with van der Waals surface area (Å²) < 4.78 is 0. The number of benzene rings is 1. The number of hydrogen-bond donors (Lipinski definition) is 0. The Kier molecular flexibility index (Phi) is 7.37. The monoisotopic (exact) mass is 324 g/mol. The van der Waals surface area contributed by atoms with Gasteiger partial charge in [-0.1, -0.05) is 42.7 Å². The van der Waals surface area contributed by atoms with Gasteiger partial charge in [-0.2, -0.15) is 0 Å². The van der Waals surface area contributed by atoms with Crippen molar-refractivity contribution < 1.29 is 4.79 Å². The second kappa shape index (κ2) is 8.54. The third kappa shape index (κ3) is 4.72. The lowest BCUT2D eigenvalue weighted by Crippen LogP contribution is -2.52. The molecule has 124 valence electrons. The van der Waals surface area contributed by atoms with E-state index in [4.69, 9.17) is 0 Å². The van der Waals surface area contributed by atoms with E-state index in [1.54, 1.807) is 0 Å². The predicted octanol–water partition coefficient (Wildman–Crippen LogP) is 3.29. The maximum Gasteiger partial charge on any atom is 0.227 e. The first-order valence-electron chi connectivity index (χ1n) is 7.96. The van der Waals surface area contributed by atoms with Gasteiger partial charge in [0, 0.05) is 19.1 Å². The van der Waals surface area contributed by atoms with E-state index < -0.39 is 0 Å². The van der Waals surface area contributed by atoms with E-state index in [0.717, 1.165) is 12.0 Å². The molecular formula is C18H29ClN2O. The molecule has 0 aromatic heterocycles. The van der Waals surface area contributed by atoms with Crippen molar-refractivity contribution in [3.8, 4) is 0 Å². The van der Waals surface area contributed by atoms with Crippen LogP contribution in [0.15, 0.2) is 24.3 Å². The van der Waals surface area contributed by atoms with E-state index in [1.165, 1.54) is 24.8 Å². The van der Waals surface area contributed by atoms with Gasteiger partial charge in [-0.05, 0) is 39.4 Å². The number of carbonyl (C=O) groups excluding carboxylic acids is 1. The molecule has 0 saturated heterocycles. The van der Waals surface area contributed by atoms with Crippen LogP contribution in [0.5, 0.6) is 0 Å². The van der Waals surface area contributed by atoms with Gasteiger partial charge in [0.1, 0.15) is 0 Å². The van der Waals surface area contributed by atoms with Gasteiger partial charge >= 0.3 is 0 Å². The summed E-state index contributed by atoms with van der Waals surface area (Å²) in [5.41, 5.74) is 2.34. The van der Waals surface area contributed by atoms with Gasteiger partial charge in [-0.15, -0.1) is 12.4 Å². The molecule has 2 unspecified atom stereocenters. The highest BCUT2D eigenvalue weighted by molar-refractivity contribution is 5.85. The van der Waals surface area contributed by atoms with Crippen molar-refractivity contribution in [3.63, 3.8) is 0 Å². The van der Waals surface area contributed by atoms with Crippen molar-refractivity contribution in [2.24, 2.45) is 0 Å². The van der Waals surface area contributed by atoms with Crippen LogP contribution in [0.3, 0.4) is 0 Å². The number of hydrogen-bond acceptors (Lipinski definition) is 2. The number of nitrogens with zero attached hydrogens (tertiary/aromatic N) is 2. The zero-order valence-corrected chi connectivity index (χ0v) is 15.0. The van der Waals surface area contributed by atoms with Gasteiger partial charge < -0.3 is 9.80 Å². The summed E-state index contributed by atoms with van der Waals surface area (Å²) in [6, 6.07) is 9.12. The maximum absolute atomic E-state index is 12.6. The van der Waals surface area contributed by atoms with Crippen molar-refractivity contribution in [1.29, 1.82) is 0 Å². The minimum Gasteiger partial charge on any atom is -0.341 e. The van der Waals surface area contributed by atoms with Crippen molar-refractivity contribution in [1.82, 2.24) is 9.80 Å². The molecule has 3 nitrogen and oxygen atoms in total. The van der Waals surface area contributed by atoms with E-state index in [-0.39, 0.29) is 18.3 Å². The minimum absolute atomic E-state index is 0. The third-order valence-corrected chi connectivity index (χ3v) is 4.72. The molecule has 1 amide bonds. The average Bonchev–Trinajstić information content (AvgIpc) is 2.48. The molecule has 0 radical (unpaired) electrons. The Morgan fingerprint density at radius 2 is 1.59 bits per heavy atom. The number of aryl methyl sites for hydroxylation is 1. The second-order valence-electron chi connectivity index (χ2n) is 6.55. The molecule has 0 N–H and O–H groups in total. The highest BCUT2D eigenvalue weighted by atomic mass is 35.5. The number of likely N-dealkylation sites (N-methyl/N-ethyl adjacent to an activating group) is 2. The molecule has 1 aliphatic rings. The molecule has 0 spiro atoms. The first kappa shape index (κ1) is 19.0. The van der Waals surface area contributed by atoms with Gasteiger partial charge in [0.15, 0.2) is 0 Å².